The monoisotopic (exact) mass is 467 g/mol. The molecule has 32 heavy (non-hydrogen) atoms. The molecule has 0 amide bonds. The van der Waals surface area contributed by atoms with Gasteiger partial charge in [0.1, 0.15) is 6.04 Å². The Balaban J connectivity index is 1.86. The minimum atomic E-state index is -0.546. The standard InChI is InChI=1S/C24H25N3O3S2/c1-14(2)30-23(29)20-15(3)25-24-27(21(20)18-7-6-12-31-18)22(28)19(32-24)13-16-8-10-17(11-9-16)26(4)5/h6-14,21H,1-5H3/b19-13+/t21-/m0/s1. The average Bonchev–Trinajstić information content (AvgIpc) is 3.36. The van der Waals surface area contributed by atoms with Crippen molar-refractivity contribution in [3.63, 3.8) is 0 Å². The van der Waals surface area contributed by atoms with Gasteiger partial charge in [0.15, 0.2) is 4.80 Å². The first-order valence-corrected chi connectivity index (χ1v) is 12.0. The van der Waals surface area contributed by atoms with Gasteiger partial charge < -0.3 is 9.64 Å². The van der Waals surface area contributed by atoms with Crippen LogP contribution in [0.5, 0.6) is 0 Å². The predicted octanol–water partition coefficient (Wildman–Crippen LogP) is 3.31. The zero-order chi connectivity index (χ0) is 23.0. The van der Waals surface area contributed by atoms with Crippen molar-refractivity contribution in [1.29, 1.82) is 0 Å². The van der Waals surface area contributed by atoms with Gasteiger partial charge in [0.25, 0.3) is 5.56 Å². The number of benzene rings is 1. The van der Waals surface area contributed by atoms with E-state index in [1.807, 2.05) is 80.7 Å². The van der Waals surface area contributed by atoms with Crippen molar-refractivity contribution >= 4 is 40.4 Å². The number of hydrogen-bond acceptors (Lipinski definition) is 7. The Hall–Kier alpha value is -2.97. The number of carbonyl (C=O) groups excluding carboxylic acids is 1. The molecule has 0 aliphatic carbocycles. The number of ether oxygens (including phenoxy) is 1. The molecule has 0 unspecified atom stereocenters. The van der Waals surface area contributed by atoms with E-state index in [9.17, 15) is 9.59 Å². The molecule has 8 heteroatoms. The molecule has 0 N–H and O–H groups in total. The van der Waals surface area contributed by atoms with Crippen molar-refractivity contribution in [1.82, 2.24) is 4.57 Å². The van der Waals surface area contributed by atoms with Gasteiger partial charge in [-0.05, 0) is 56.0 Å². The van der Waals surface area contributed by atoms with Crippen LogP contribution in [0.3, 0.4) is 0 Å². The van der Waals surface area contributed by atoms with Crippen molar-refractivity contribution in [3.8, 4) is 0 Å². The van der Waals surface area contributed by atoms with E-state index < -0.39 is 12.0 Å². The Morgan fingerprint density at radius 2 is 1.94 bits per heavy atom. The average molecular weight is 468 g/mol. The topological polar surface area (TPSA) is 63.9 Å². The highest BCUT2D eigenvalue weighted by atomic mass is 32.1. The quantitative estimate of drug-likeness (QED) is 0.540. The summed E-state index contributed by atoms with van der Waals surface area (Å²) >= 11 is 2.84. The molecule has 1 aliphatic rings. The van der Waals surface area contributed by atoms with Crippen LogP contribution >= 0.6 is 22.7 Å². The van der Waals surface area contributed by atoms with Crippen LogP contribution < -0.4 is 19.8 Å². The molecule has 0 radical (unpaired) electrons. The Morgan fingerprint density at radius 3 is 2.53 bits per heavy atom. The van der Waals surface area contributed by atoms with Crippen LogP contribution in [0.1, 0.15) is 37.3 Å². The molecule has 0 saturated carbocycles. The van der Waals surface area contributed by atoms with Gasteiger partial charge in [0, 0.05) is 24.7 Å². The Kier molecular flexibility index (Phi) is 6.17. The molecule has 1 atom stereocenters. The number of anilines is 1. The molecule has 0 saturated heterocycles. The highest BCUT2D eigenvalue weighted by Gasteiger charge is 2.34. The maximum absolute atomic E-state index is 13.5. The molecule has 166 valence electrons. The number of nitrogens with zero attached hydrogens (tertiary/aromatic N) is 3. The predicted molar refractivity (Wildman–Crippen MR) is 130 cm³/mol. The van der Waals surface area contributed by atoms with E-state index in [0.717, 1.165) is 16.1 Å². The maximum Gasteiger partial charge on any atom is 0.338 e. The minimum Gasteiger partial charge on any atom is -0.459 e. The minimum absolute atomic E-state index is 0.161. The molecule has 0 fully saturated rings. The number of aromatic nitrogens is 1. The van der Waals surface area contributed by atoms with Crippen LogP contribution in [0.25, 0.3) is 6.08 Å². The molecule has 6 nitrogen and oxygen atoms in total. The number of esters is 1. The first-order chi connectivity index (χ1) is 15.3. The van der Waals surface area contributed by atoms with E-state index >= 15 is 0 Å². The summed E-state index contributed by atoms with van der Waals surface area (Å²) in [6, 6.07) is 11.3. The zero-order valence-corrected chi connectivity index (χ0v) is 20.3. The lowest BCUT2D eigenvalue weighted by Crippen LogP contribution is -2.39. The zero-order valence-electron chi connectivity index (χ0n) is 18.7. The number of thiophene rings is 1. The van der Waals surface area contributed by atoms with Crippen LogP contribution in [0.2, 0.25) is 0 Å². The fraction of sp³-hybridized carbons (Fsp3) is 0.292. The summed E-state index contributed by atoms with van der Waals surface area (Å²) in [4.78, 5) is 34.6. The SMILES string of the molecule is CC1=C(C(=O)OC(C)C)[C@H](c2cccs2)n2c(s/c(=C/c3ccc(N(C)C)cc3)c2=O)=N1. The summed E-state index contributed by atoms with van der Waals surface area (Å²) in [5, 5.41) is 1.94. The fourth-order valence-corrected chi connectivity index (χ4v) is 5.47. The van der Waals surface area contributed by atoms with E-state index in [1.54, 1.807) is 11.5 Å². The number of allylic oxidation sites excluding steroid dienone is 1. The van der Waals surface area contributed by atoms with Gasteiger partial charge in [-0.2, -0.15) is 0 Å². The normalized spacial score (nSPS) is 16.2. The van der Waals surface area contributed by atoms with Crippen molar-refractivity contribution in [3.05, 3.63) is 83.2 Å². The molecule has 0 spiro atoms. The first-order valence-electron chi connectivity index (χ1n) is 10.3. The van der Waals surface area contributed by atoms with Crippen molar-refractivity contribution in [2.75, 3.05) is 19.0 Å². The molecule has 4 rings (SSSR count). The van der Waals surface area contributed by atoms with E-state index in [2.05, 4.69) is 4.99 Å². The van der Waals surface area contributed by atoms with Gasteiger partial charge in [0.05, 0.1) is 21.9 Å². The van der Waals surface area contributed by atoms with E-state index in [-0.39, 0.29) is 11.7 Å². The summed E-state index contributed by atoms with van der Waals surface area (Å²) in [7, 11) is 3.98. The number of fused-ring (bicyclic) bond motifs is 1. The lowest BCUT2D eigenvalue weighted by molar-refractivity contribution is -0.143. The lowest BCUT2D eigenvalue weighted by atomic mass is 10.0. The molecule has 2 aromatic heterocycles. The maximum atomic E-state index is 13.5. The van der Waals surface area contributed by atoms with Crippen LogP contribution in [0.15, 0.2) is 62.8 Å². The van der Waals surface area contributed by atoms with Crippen molar-refractivity contribution in [2.45, 2.75) is 32.9 Å². The van der Waals surface area contributed by atoms with E-state index in [4.69, 9.17) is 4.74 Å². The molecule has 1 aromatic carbocycles. The fourth-order valence-electron chi connectivity index (χ4n) is 3.60. The summed E-state index contributed by atoms with van der Waals surface area (Å²) in [5.41, 5.74) is 2.85. The van der Waals surface area contributed by atoms with Crippen molar-refractivity contribution in [2.24, 2.45) is 4.99 Å². The molecule has 3 heterocycles. The van der Waals surface area contributed by atoms with E-state index in [0.29, 0.717) is 20.6 Å². The molecular weight excluding hydrogens is 442 g/mol. The highest BCUT2D eigenvalue weighted by Crippen LogP contribution is 2.33. The van der Waals surface area contributed by atoms with Crippen LogP contribution in [0.4, 0.5) is 5.69 Å². The second-order valence-corrected chi connectivity index (χ2v) is 10.0. The number of carbonyl (C=O) groups is 1. The number of rotatable bonds is 5. The second kappa shape index (κ2) is 8.88. The third kappa shape index (κ3) is 4.20. The largest absolute Gasteiger partial charge is 0.459 e. The molecule has 0 bridgehead atoms. The summed E-state index contributed by atoms with van der Waals surface area (Å²) in [6.07, 6.45) is 1.61. The first kappa shape index (κ1) is 22.2. The third-order valence-electron chi connectivity index (χ3n) is 5.10. The van der Waals surface area contributed by atoms with Crippen molar-refractivity contribution < 1.29 is 9.53 Å². The summed E-state index contributed by atoms with van der Waals surface area (Å²) in [6.45, 7) is 5.42. The number of thiazole rings is 1. The third-order valence-corrected chi connectivity index (χ3v) is 7.01. The van der Waals surface area contributed by atoms with Gasteiger partial charge in [-0.3, -0.25) is 9.36 Å². The second-order valence-electron chi connectivity index (χ2n) is 8.04. The Morgan fingerprint density at radius 1 is 1.22 bits per heavy atom. The van der Waals surface area contributed by atoms with Gasteiger partial charge in [-0.1, -0.05) is 29.5 Å². The van der Waals surface area contributed by atoms with E-state index in [1.165, 1.54) is 22.7 Å². The Labute approximate surface area is 194 Å². The van der Waals surface area contributed by atoms with Gasteiger partial charge in [-0.15, -0.1) is 11.3 Å². The number of hydrogen-bond donors (Lipinski definition) is 0. The smallest absolute Gasteiger partial charge is 0.338 e. The van der Waals surface area contributed by atoms with Gasteiger partial charge >= 0.3 is 5.97 Å². The Bertz CT molecular complexity index is 1340. The summed E-state index contributed by atoms with van der Waals surface area (Å²) in [5.74, 6) is -0.437. The summed E-state index contributed by atoms with van der Waals surface area (Å²) < 4.78 is 7.70. The van der Waals surface area contributed by atoms with Crippen LogP contribution in [-0.2, 0) is 9.53 Å². The molecule has 3 aromatic rings. The molecular formula is C24H25N3O3S2. The highest BCUT2D eigenvalue weighted by molar-refractivity contribution is 7.10. The molecule has 1 aliphatic heterocycles. The van der Waals surface area contributed by atoms with Crippen LogP contribution in [-0.4, -0.2) is 30.7 Å². The van der Waals surface area contributed by atoms with Gasteiger partial charge in [0.2, 0.25) is 0 Å². The lowest BCUT2D eigenvalue weighted by Gasteiger charge is -2.24. The van der Waals surface area contributed by atoms with Crippen LogP contribution in [0, 0.1) is 0 Å². The van der Waals surface area contributed by atoms with Gasteiger partial charge in [-0.25, -0.2) is 9.79 Å².